The van der Waals surface area contributed by atoms with Crippen molar-refractivity contribution < 1.29 is 9.59 Å². The number of carbonyl (C=O) groups is 2. The van der Waals surface area contributed by atoms with E-state index in [1.165, 1.54) is 15.7 Å². The van der Waals surface area contributed by atoms with Crippen LogP contribution in [-0.4, -0.2) is 36.3 Å². The highest BCUT2D eigenvalue weighted by Crippen LogP contribution is 2.33. The molecule has 2 aromatic rings. The number of anilines is 1. The number of hydrogen-bond donors (Lipinski definition) is 0. The second kappa shape index (κ2) is 5.09. The van der Waals surface area contributed by atoms with E-state index in [2.05, 4.69) is 6.58 Å². The minimum Gasteiger partial charge on any atom is -0.328 e. The zero-order chi connectivity index (χ0) is 14.1. The van der Waals surface area contributed by atoms with Gasteiger partial charge in [0.25, 0.3) is 0 Å². The standard InChI is InChI=1S/C15H14N2O2S/c1-2-13(18)16-7-8-17(14(19)10-16)15-9-11-5-3-4-6-12(11)20-15/h2-6,9H,1,7-8,10H2. The van der Waals surface area contributed by atoms with Crippen LogP contribution in [0.15, 0.2) is 43.0 Å². The van der Waals surface area contributed by atoms with Gasteiger partial charge >= 0.3 is 0 Å². The molecule has 0 aliphatic carbocycles. The maximum Gasteiger partial charge on any atom is 0.247 e. The summed E-state index contributed by atoms with van der Waals surface area (Å²) in [5.41, 5.74) is 0. The SMILES string of the molecule is C=CC(=O)N1CCN(c2cc3ccccc3s2)C(=O)C1. The van der Waals surface area contributed by atoms with Gasteiger partial charge in [0.2, 0.25) is 11.8 Å². The van der Waals surface area contributed by atoms with E-state index in [0.29, 0.717) is 13.1 Å². The first-order valence-electron chi connectivity index (χ1n) is 6.39. The normalized spacial score (nSPS) is 15.7. The molecule has 0 unspecified atom stereocenters. The van der Waals surface area contributed by atoms with E-state index in [0.717, 1.165) is 10.4 Å². The highest BCUT2D eigenvalue weighted by atomic mass is 32.1. The Bertz CT molecular complexity index is 659. The molecule has 2 heterocycles. The van der Waals surface area contributed by atoms with Gasteiger partial charge in [-0.15, -0.1) is 11.3 Å². The average molecular weight is 286 g/mol. The number of amides is 2. The highest BCUT2D eigenvalue weighted by molar-refractivity contribution is 7.23. The molecule has 1 aromatic carbocycles. The van der Waals surface area contributed by atoms with Gasteiger partial charge in [-0.3, -0.25) is 9.59 Å². The van der Waals surface area contributed by atoms with Crippen LogP contribution in [0.3, 0.4) is 0 Å². The molecule has 0 radical (unpaired) electrons. The Morgan fingerprint density at radius 2 is 2.10 bits per heavy atom. The first kappa shape index (κ1) is 12.9. The van der Waals surface area contributed by atoms with Gasteiger partial charge in [0.1, 0.15) is 6.54 Å². The van der Waals surface area contributed by atoms with Crippen molar-refractivity contribution in [3.8, 4) is 0 Å². The highest BCUT2D eigenvalue weighted by Gasteiger charge is 2.27. The van der Waals surface area contributed by atoms with Gasteiger partial charge in [-0.25, -0.2) is 0 Å². The third-order valence-corrected chi connectivity index (χ3v) is 4.52. The second-order valence-corrected chi connectivity index (χ2v) is 5.69. The molecule has 0 saturated carbocycles. The Kier molecular flexibility index (Phi) is 3.28. The molecule has 1 aliphatic heterocycles. The van der Waals surface area contributed by atoms with E-state index < -0.39 is 0 Å². The largest absolute Gasteiger partial charge is 0.328 e. The molecule has 0 bridgehead atoms. The quantitative estimate of drug-likeness (QED) is 0.795. The molecule has 3 rings (SSSR count). The summed E-state index contributed by atoms with van der Waals surface area (Å²) in [7, 11) is 0. The molecular weight excluding hydrogens is 272 g/mol. The summed E-state index contributed by atoms with van der Waals surface area (Å²) in [6.07, 6.45) is 1.25. The Hall–Kier alpha value is -2.14. The van der Waals surface area contributed by atoms with Gasteiger partial charge in [-0.05, 0) is 23.6 Å². The van der Waals surface area contributed by atoms with Gasteiger partial charge in [0.15, 0.2) is 0 Å². The molecule has 1 fully saturated rings. The van der Waals surface area contributed by atoms with Crippen molar-refractivity contribution in [2.45, 2.75) is 0 Å². The lowest BCUT2D eigenvalue weighted by Gasteiger charge is -2.32. The van der Waals surface area contributed by atoms with Gasteiger partial charge < -0.3 is 9.80 Å². The minimum absolute atomic E-state index is 0.0435. The monoisotopic (exact) mass is 286 g/mol. The molecule has 2 amide bonds. The van der Waals surface area contributed by atoms with Crippen molar-refractivity contribution in [2.75, 3.05) is 24.5 Å². The minimum atomic E-state index is -0.186. The van der Waals surface area contributed by atoms with Crippen molar-refractivity contribution in [3.05, 3.63) is 43.0 Å². The molecule has 1 aliphatic rings. The first-order valence-corrected chi connectivity index (χ1v) is 7.21. The van der Waals surface area contributed by atoms with Crippen LogP contribution >= 0.6 is 11.3 Å². The van der Waals surface area contributed by atoms with Gasteiger partial charge in [-0.1, -0.05) is 24.8 Å². The van der Waals surface area contributed by atoms with Crippen LogP contribution in [0.25, 0.3) is 10.1 Å². The summed E-state index contributed by atoms with van der Waals surface area (Å²) in [4.78, 5) is 27.0. The predicted molar refractivity (Wildman–Crippen MR) is 81.0 cm³/mol. The molecular formula is C15H14N2O2S. The number of rotatable bonds is 2. The van der Waals surface area contributed by atoms with Crippen molar-refractivity contribution in [3.63, 3.8) is 0 Å². The second-order valence-electron chi connectivity index (χ2n) is 4.63. The Balaban J connectivity index is 1.83. The molecule has 102 valence electrons. The van der Waals surface area contributed by atoms with E-state index in [1.807, 2.05) is 30.3 Å². The number of benzene rings is 1. The molecule has 0 N–H and O–H groups in total. The Labute approximate surface area is 120 Å². The van der Waals surface area contributed by atoms with Crippen LogP contribution < -0.4 is 4.90 Å². The van der Waals surface area contributed by atoms with Crippen LogP contribution in [0.5, 0.6) is 0 Å². The van der Waals surface area contributed by atoms with E-state index >= 15 is 0 Å². The summed E-state index contributed by atoms with van der Waals surface area (Å²) in [6, 6.07) is 10.1. The van der Waals surface area contributed by atoms with Gasteiger partial charge in [0.05, 0.1) is 5.00 Å². The van der Waals surface area contributed by atoms with Crippen LogP contribution in [0, 0.1) is 0 Å². The Morgan fingerprint density at radius 3 is 2.80 bits per heavy atom. The summed E-state index contributed by atoms with van der Waals surface area (Å²) >= 11 is 1.60. The van der Waals surface area contributed by atoms with Crippen molar-refractivity contribution in [1.82, 2.24) is 4.90 Å². The van der Waals surface area contributed by atoms with E-state index in [4.69, 9.17) is 0 Å². The lowest BCUT2D eigenvalue weighted by atomic mass is 10.2. The summed E-state index contributed by atoms with van der Waals surface area (Å²) < 4.78 is 1.17. The first-order chi connectivity index (χ1) is 9.69. The van der Waals surface area contributed by atoms with E-state index in [9.17, 15) is 9.59 Å². The Morgan fingerprint density at radius 1 is 1.30 bits per heavy atom. The third kappa shape index (κ3) is 2.20. The van der Waals surface area contributed by atoms with Gasteiger partial charge in [-0.2, -0.15) is 0 Å². The van der Waals surface area contributed by atoms with Crippen molar-refractivity contribution in [1.29, 1.82) is 0 Å². The molecule has 1 aromatic heterocycles. The van der Waals surface area contributed by atoms with E-state index in [-0.39, 0.29) is 18.4 Å². The van der Waals surface area contributed by atoms with Crippen LogP contribution in [-0.2, 0) is 9.59 Å². The number of nitrogens with zero attached hydrogens (tertiary/aromatic N) is 2. The number of piperazine rings is 1. The van der Waals surface area contributed by atoms with Crippen LogP contribution in [0.1, 0.15) is 0 Å². The zero-order valence-electron chi connectivity index (χ0n) is 10.9. The number of carbonyl (C=O) groups excluding carboxylic acids is 2. The summed E-state index contributed by atoms with van der Waals surface area (Å²) in [5, 5.41) is 2.09. The number of hydrogen-bond acceptors (Lipinski definition) is 3. The molecule has 1 saturated heterocycles. The molecule has 5 heteroatoms. The average Bonchev–Trinajstić information content (AvgIpc) is 2.89. The molecule has 0 atom stereocenters. The van der Waals surface area contributed by atoms with Crippen LogP contribution in [0.4, 0.5) is 5.00 Å². The summed E-state index contributed by atoms with van der Waals surface area (Å²) in [6.45, 7) is 4.66. The predicted octanol–water partition coefficient (Wildman–Crippen LogP) is 2.26. The maximum atomic E-state index is 12.2. The van der Waals surface area contributed by atoms with Crippen molar-refractivity contribution >= 4 is 38.2 Å². The fraction of sp³-hybridized carbons (Fsp3) is 0.200. The number of fused-ring (bicyclic) bond motifs is 1. The molecule has 0 spiro atoms. The van der Waals surface area contributed by atoms with Crippen molar-refractivity contribution in [2.24, 2.45) is 0 Å². The smallest absolute Gasteiger partial charge is 0.247 e. The lowest BCUT2D eigenvalue weighted by molar-refractivity contribution is -0.133. The summed E-state index contributed by atoms with van der Waals surface area (Å²) in [5.74, 6) is -0.229. The topological polar surface area (TPSA) is 40.6 Å². The fourth-order valence-corrected chi connectivity index (χ4v) is 3.43. The third-order valence-electron chi connectivity index (χ3n) is 3.39. The molecule has 4 nitrogen and oxygen atoms in total. The zero-order valence-corrected chi connectivity index (χ0v) is 11.7. The fourth-order valence-electron chi connectivity index (χ4n) is 2.32. The number of thiophene rings is 1. The van der Waals surface area contributed by atoms with Gasteiger partial charge in [0, 0.05) is 17.8 Å². The molecule has 20 heavy (non-hydrogen) atoms. The maximum absolute atomic E-state index is 12.2. The van der Waals surface area contributed by atoms with Crippen LogP contribution in [0.2, 0.25) is 0 Å². The lowest BCUT2D eigenvalue weighted by Crippen LogP contribution is -2.51. The van der Waals surface area contributed by atoms with E-state index in [1.54, 1.807) is 16.2 Å².